The Bertz CT molecular complexity index is 2070. The zero-order chi connectivity index (χ0) is 37.7. The summed E-state index contributed by atoms with van der Waals surface area (Å²) in [6.45, 7) is 18.7. The Balaban J connectivity index is 0.000000249. The number of amides is 3. The number of carbonyl (C=O) groups excluding carboxylic acids is 3. The van der Waals surface area contributed by atoms with Crippen LogP contribution in [0.2, 0.25) is 0 Å². The van der Waals surface area contributed by atoms with Gasteiger partial charge in [-0.2, -0.15) is 0 Å². The number of carbonyl (C=O) groups is 3. The number of hydrogen-bond donors (Lipinski definition) is 0. The van der Waals surface area contributed by atoms with Gasteiger partial charge in [0.05, 0.1) is 28.6 Å². The molecule has 1 aliphatic carbocycles. The predicted molar refractivity (Wildman–Crippen MR) is 233 cm³/mol. The molecule has 7 heteroatoms. The van der Waals surface area contributed by atoms with Gasteiger partial charge in [-0.15, -0.1) is 0 Å². The van der Waals surface area contributed by atoms with E-state index < -0.39 is 0 Å². The molecule has 3 amide bonds. The van der Waals surface area contributed by atoms with Crippen molar-refractivity contribution in [2.45, 2.75) is 116 Å². The second-order valence-corrected chi connectivity index (χ2v) is 14.6. The van der Waals surface area contributed by atoms with Crippen LogP contribution in [0.1, 0.15) is 127 Å². The van der Waals surface area contributed by atoms with Crippen molar-refractivity contribution < 1.29 is 14.4 Å². The van der Waals surface area contributed by atoms with Gasteiger partial charge in [0.15, 0.2) is 0 Å². The van der Waals surface area contributed by atoms with E-state index in [2.05, 4.69) is 92.7 Å². The van der Waals surface area contributed by atoms with Crippen molar-refractivity contribution in [3.05, 3.63) is 137 Å². The van der Waals surface area contributed by atoms with E-state index in [-0.39, 0.29) is 52.1 Å². The van der Waals surface area contributed by atoms with Crippen molar-refractivity contribution in [1.82, 2.24) is 14.5 Å². The summed E-state index contributed by atoms with van der Waals surface area (Å²) in [5.41, 5.74) is 10.1. The number of aromatic nitrogens is 2. The average molecular weight is 745 g/mol. The highest BCUT2D eigenvalue weighted by Gasteiger charge is 2.36. The topological polar surface area (TPSA) is 75.5 Å². The Morgan fingerprint density at radius 1 is 0.564 bits per heavy atom. The molecule has 3 aliphatic rings. The monoisotopic (exact) mass is 744 g/mol. The quantitative estimate of drug-likeness (QED) is 0.172. The Morgan fingerprint density at radius 2 is 1.05 bits per heavy atom. The first-order valence-corrected chi connectivity index (χ1v) is 18.4. The van der Waals surface area contributed by atoms with E-state index in [4.69, 9.17) is 0 Å². The van der Waals surface area contributed by atoms with Crippen LogP contribution in [-0.2, 0) is 17.6 Å². The molecular weight excluding hydrogens is 681 g/mol. The van der Waals surface area contributed by atoms with Crippen LogP contribution in [0, 0.1) is 12.8 Å². The number of fused-ring (bicyclic) bond motifs is 4. The molecule has 0 N–H and O–H groups in total. The van der Waals surface area contributed by atoms with Crippen LogP contribution in [0.3, 0.4) is 0 Å². The lowest BCUT2D eigenvalue weighted by Crippen LogP contribution is -2.35. The fourth-order valence-corrected chi connectivity index (χ4v) is 7.19. The summed E-state index contributed by atoms with van der Waals surface area (Å²) in [6.07, 6.45) is 4.05. The second kappa shape index (κ2) is 19.9. The lowest BCUT2D eigenvalue weighted by molar-refractivity contribution is -0.117. The van der Waals surface area contributed by atoms with Crippen molar-refractivity contribution in [3.8, 4) is 0 Å². The maximum atomic E-state index is 11.8. The van der Waals surface area contributed by atoms with Crippen LogP contribution in [-0.4, -0.2) is 44.3 Å². The van der Waals surface area contributed by atoms with Gasteiger partial charge in [-0.05, 0) is 113 Å². The van der Waals surface area contributed by atoms with E-state index in [1.54, 1.807) is 24.3 Å². The summed E-state index contributed by atoms with van der Waals surface area (Å²) in [6, 6.07) is 32.5. The minimum Gasteiger partial charge on any atom is -0.326 e. The Labute approximate surface area is 331 Å². The summed E-state index contributed by atoms with van der Waals surface area (Å²) in [7, 11) is 0. The Hall–Kier alpha value is -5.30. The number of imide groups is 1. The van der Waals surface area contributed by atoms with Crippen LogP contribution >= 0.6 is 0 Å². The molecular formula is C48H64N4O3. The zero-order valence-corrected chi connectivity index (χ0v) is 32.1. The summed E-state index contributed by atoms with van der Waals surface area (Å²) >= 11 is 0. The number of hydrogen-bond acceptors (Lipinski definition) is 4. The molecule has 3 heterocycles. The van der Waals surface area contributed by atoms with Crippen molar-refractivity contribution >= 4 is 40.0 Å². The summed E-state index contributed by atoms with van der Waals surface area (Å²) in [4.78, 5) is 42.8. The molecule has 0 saturated carbocycles. The first kappa shape index (κ1) is 45.9. The summed E-state index contributed by atoms with van der Waals surface area (Å²) in [5, 5.41) is 0. The van der Waals surface area contributed by atoms with Crippen molar-refractivity contribution in [1.29, 1.82) is 0 Å². The number of allylic oxidation sites excluding steroid dienone is 2. The molecule has 7 nitrogen and oxygen atoms in total. The minimum absolute atomic E-state index is 0. The van der Waals surface area contributed by atoms with Crippen LogP contribution in [0.5, 0.6) is 0 Å². The molecule has 0 spiro atoms. The summed E-state index contributed by atoms with van der Waals surface area (Å²) < 4.78 is 2.26. The van der Waals surface area contributed by atoms with Gasteiger partial charge in [-0.25, -0.2) is 4.98 Å². The Kier molecular flexibility index (Phi) is 16.6. The standard InChI is InChI=1S/C12H14.C11H14N2.C11H11NO2.C11H13NO.3CH4/c1-9(2)11-8-7-10-5-3-4-6-12(10)11;1-8(2)13-9(3)12-10-6-4-5-7-11(10)13;1-7(2)12-10(13)8-5-3-4-6-9(8)11(12)14;1-8(2)12-10-6-4-3-5-9(10)7-11(12)13;;;/h3-6,8-9H,7H2,1-2H3;4-8H,1-3H3;3-7H,1-2H3;3-6,8H,7H2,1-2H3;3*1H4. The van der Waals surface area contributed by atoms with Crippen molar-refractivity contribution in [2.75, 3.05) is 4.90 Å². The highest BCUT2D eigenvalue weighted by molar-refractivity contribution is 6.21. The fraction of sp³-hybridized carbons (Fsp3) is 0.375. The van der Waals surface area contributed by atoms with Gasteiger partial charge in [0.1, 0.15) is 5.82 Å². The molecule has 2 aliphatic heterocycles. The summed E-state index contributed by atoms with van der Waals surface area (Å²) in [5.74, 6) is 1.61. The largest absolute Gasteiger partial charge is 0.326 e. The maximum absolute atomic E-state index is 11.8. The Morgan fingerprint density at radius 3 is 1.60 bits per heavy atom. The van der Waals surface area contributed by atoms with Crippen LogP contribution in [0.25, 0.3) is 16.6 Å². The van der Waals surface area contributed by atoms with Crippen LogP contribution in [0.15, 0.2) is 103 Å². The number of imidazole rings is 1. The molecule has 5 aromatic rings. The van der Waals surface area contributed by atoms with Crippen molar-refractivity contribution in [2.24, 2.45) is 5.92 Å². The number of anilines is 1. The van der Waals surface area contributed by atoms with E-state index in [0.29, 0.717) is 29.5 Å². The molecule has 0 radical (unpaired) electrons. The third kappa shape index (κ3) is 9.88. The van der Waals surface area contributed by atoms with Gasteiger partial charge < -0.3 is 9.47 Å². The molecule has 1 aromatic heterocycles. The van der Waals surface area contributed by atoms with Gasteiger partial charge in [-0.3, -0.25) is 19.3 Å². The minimum atomic E-state index is -0.180. The average Bonchev–Trinajstić information content (AvgIpc) is 3.85. The SMILES string of the molecule is C.C.C.CC(C)C1=CCc2ccccc21.CC(C)N1C(=O)Cc2ccccc21.CC(C)N1C(=O)c2ccccc2C1=O.Cc1nc2ccccc2n1C(C)C. The second-order valence-electron chi connectivity index (χ2n) is 14.6. The number of aryl methyl sites for hydroxylation is 1. The van der Waals surface area contributed by atoms with Gasteiger partial charge in [0.2, 0.25) is 5.91 Å². The lowest BCUT2D eigenvalue weighted by Gasteiger charge is -2.21. The first-order valence-electron chi connectivity index (χ1n) is 18.4. The smallest absolute Gasteiger partial charge is 0.261 e. The normalized spacial score (nSPS) is 13.4. The zero-order valence-electron chi connectivity index (χ0n) is 32.1. The predicted octanol–water partition coefficient (Wildman–Crippen LogP) is 11.8. The molecule has 8 rings (SSSR count). The number of para-hydroxylation sites is 3. The van der Waals surface area contributed by atoms with Crippen LogP contribution in [0.4, 0.5) is 5.69 Å². The van der Waals surface area contributed by atoms with E-state index in [1.165, 1.54) is 27.1 Å². The van der Waals surface area contributed by atoms with Gasteiger partial charge in [-0.1, -0.05) is 109 Å². The number of benzene rings is 4. The molecule has 294 valence electrons. The van der Waals surface area contributed by atoms with E-state index in [1.807, 2.05) is 62.9 Å². The van der Waals surface area contributed by atoms with Gasteiger partial charge in [0, 0.05) is 23.8 Å². The molecule has 0 fully saturated rings. The van der Waals surface area contributed by atoms with E-state index in [0.717, 1.165) is 29.0 Å². The fourth-order valence-electron chi connectivity index (χ4n) is 7.19. The first-order chi connectivity index (χ1) is 24.8. The molecule has 55 heavy (non-hydrogen) atoms. The molecule has 4 aromatic carbocycles. The van der Waals surface area contributed by atoms with E-state index >= 15 is 0 Å². The molecule has 0 atom stereocenters. The number of rotatable bonds is 4. The molecule has 0 bridgehead atoms. The van der Waals surface area contributed by atoms with Crippen LogP contribution < -0.4 is 4.90 Å². The lowest BCUT2D eigenvalue weighted by atomic mass is 9.97. The third-order valence-electron chi connectivity index (χ3n) is 9.50. The third-order valence-corrected chi connectivity index (χ3v) is 9.50. The van der Waals surface area contributed by atoms with E-state index in [9.17, 15) is 14.4 Å². The highest BCUT2D eigenvalue weighted by Crippen LogP contribution is 2.32. The molecule has 0 saturated heterocycles. The van der Waals surface area contributed by atoms with Gasteiger partial charge in [0.25, 0.3) is 11.8 Å². The van der Waals surface area contributed by atoms with Crippen molar-refractivity contribution in [3.63, 3.8) is 0 Å². The highest BCUT2D eigenvalue weighted by atomic mass is 16.2. The maximum Gasteiger partial charge on any atom is 0.261 e. The molecule has 0 unspecified atom stereocenters. The van der Waals surface area contributed by atoms with Gasteiger partial charge >= 0.3 is 0 Å². The number of nitrogens with zero attached hydrogens (tertiary/aromatic N) is 4.